The minimum absolute atomic E-state index is 0.0391. The number of amides is 4. The van der Waals surface area contributed by atoms with Gasteiger partial charge in [-0.3, -0.25) is 29.2 Å². The monoisotopic (exact) mass is 1440 g/mol. The highest BCUT2D eigenvalue weighted by atomic mass is 16.7. The highest BCUT2D eigenvalue weighted by Crippen LogP contribution is 2.34. The first-order valence-electron chi connectivity index (χ1n) is 32.8. The molecular formula is C66H89N11O25. The topological polar surface area (TPSA) is 579 Å². The van der Waals surface area contributed by atoms with Crippen LogP contribution in [0.25, 0.3) is 0 Å². The summed E-state index contributed by atoms with van der Waals surface area (Å²) in [5, 5.41) is 155. The van der Waals surface area contributed by atoms with Gasteiger partial charge >= 0.3 is 0 Å². The Morgan fingerprint density at radius 3 is 1.82 bits per heavy atom. The Bertz CT molecular complexity index is 3450. The number of aliphatic imine (C=N–C) groups is 2. The Labute approximate surface area is 583 Å². The molecule has 4 aromatic carbocycles. The maximum Gasteiger partial charge on any atom is 0.246 e. The molecule has 0 saturated carbocycles. The fourth-order valence-electron chi connectivity index (χ4n) is 12.3. The van der Waals surface area contributed by atoms with Crippen molar-refractivity contribution >= 4 is 41.8 Å². The molecule has 0 aliphatic carbocycles. The van der Waals surface area contributed by atoms with Gasteiger partial charge in [-0.15, -0.1) is 0 Å². The SMILES string of the molecule is CC(c1ccccc1)C(N)C(=O)NC(Cc1ccc(OC2OC(CO)C(OC3OC(CO)C(O)C(OCc4ccc(OCc5ccccc5)cc4)C3O)C(O)C2O)cc1)C(=O)NC(C(=O)NC(C(=O)NC(C=O)CO)C(O)C1CN=C(N)N1C1OC(CO)C(O)C(O)C1O)C(O)C1CN=C(N)N1. The molecule has 9 rings (SSSR count). The second-order valence-corrected chi connectivity index (χ2v) is 25.2. The zero-order chi connectivity index (χ0) is 73.6. The summed E-state index contributed by atoms with van der Waals surface area (Å²) in [7, 11) is 0. The number of carbonyl (C=O) groups excluding carboxylic acids is 5. The van der Waals surface area contributed by atoms with Crippen LogP contribution in [-0.4, -0.2) is 299 Å². The van der Waals surface area contributed by atoms with Gasteiger partial charge < -0.3 is 153 Å². The largest absolute Gasteiger partial charge is 0.489 e. The van der Waals surface area contributed by atoms with Crippen LogP contribution in [0.4, 0.5) is 0 Å². The van der Waals surface area contributed by atoms with E-state index in [1.807, 2.05) is 30.3 Å². The number of aldehydes is 1. The highest BCUT2D eigenvalue weighted by Gasteiger charge is 2.54. The first-order chi connectivity index (χ1) is 48.9. The Morgan fingerprint density at radius 2 is 1.20 bits per heavy atom. The van der Waals surface area contributed by atoms with Crippen molar-refractivity contribution in [3.63, 3.8) is 0 Å². The summed E-state index contributed by atoms with van der Waals surface area (Å²) in [5.41, 5.74) is 21.1. The molecule has 25 unspecified atom stereocenters. The molecule has 0 spiro atoms. The van der Waals surface area contributed by atoms with Crippen LogP contribution in [0, 0.1) is 0 Å². The minimum atomic E-state index is -2.26. The van der Waals surface area contributed by atoms with Crippen molar-refractivity contribution in [2.45, 2.75) is 179 Å². The molecule has 0 radical (unpaired) electrons. The summed E-state index contributed by atoms with van der Waals surface area (Å²) < 4.78 is 41.1. The molecule has 24 N–H and O–H groups in total. The average molecular weight is 1440 g/mol. The maximum atomic E-state index is 15.0. The van der Waals surface area contributed by atoms with Crippen LogP contribution in [0.15, 0.2) is 119 Å². The van der Waals surface area contributed by atoms with E-state index in [-0.39, 0.29) is 36.7 Å². The van der Waals surface area contributed by atoms with Crippen LogP contribution in [-0.2, 0) is 67.3 Å². The Morgan fingerprint density at radius 1 is 0.608 bits per heavy atom. The second kappa shape index (κ2) is 35.8. The third-order valence-electron chi connectivity index (χ3n) is 18.3. The standard InChI is InChI=1S/C66H89N11O25/c1-30(34-10-6-3-7-11-34)44(67)59(93)73-38(58(92)75-45(47(83)39-21-70-65(68)74-39)61(95)76-46(60(94)72-35(23-78)24-79)48(84)40-22-71-66(69)77(40)62-53(89)51(87)49(85)41(25-80)99-62)20-31-12-18-37(19-13-31)98-63-54(90)52(88)56(43(27-82)101-63)102-64-55(91)57(50(86)42(26-81)100-64)97-29-33-14-16-36(17-15-33)96-28-32-8-4-2-5-9-32/h2-19,23,30,35,38-57,62-64,79-91H,20-22,24-29,67H2,1H3,(H2,69,71)(H,72,94)(H,73,93)(H,75,92)(H,76,95)(H3,68,70,74). The van der Waals surface area contributed by atoms with Crippen molar-refractivity contribution in [1.29, 1.82) is 0 Å². The first kappa shape index (κ1) is 78.0. The number of aliphatic hydroxyl groups excluding tert-OH is 13. The van der Waals surface area contributed by atoms with Crippen LogP contribution in [0.2, 0.25) is 0 Å². The zero-order valence-electron chi connectivity index (χ0n) is 55.1. The third kappa shape index (κ3) is 18.6. The first-order valence-corrected chi connectivity index (χ1v) is 32.8. The summed E-state index contributed by atoms with van der Waals surface area (Å²) in [5.74, 6) is -5.61. The van der Waals surface area contributed by atoms with Gasteiger partial charge in [0, 0.05) is 12.3 Å². The normalized spacial score (nSPS) is 30.3. The second-order valence-electron chi connectivity index (χ2n) is 25.2. The molecule has 558 valence electrons. The summed E-state index contributed by atoms with van der Waals surface area (Å²) in [6, 6.07) is 18.6. The van der Waals surface area contributed by atoms with E-state index >= 15 is 4.79 Å². The van der Waals surface area contributed by atoms with E-state index in [0.29, 0.717) is 23.5 Å². The van der Waals surface area contributed by atoms with E-state index in [1.54, 1.807) is 61.5 Å². The molecule has 5 aliphatic heterocycles. The third-order valence-corrected chi connectivity index (χ3v) is 18.3. The van der Waals surface area contributed by atoms with E-state index < -0.39 is 221 Å². The smallest absolute Gasteiger partial charge is 0.246 e. The fourth-order valence-corrected chi connectivity index (χ4v) is 12.3. The minimum Gasteiger partial charge on any atom is -0.489 e. The molecule has 5 heterocycles. The van der Waals surface area contributed by atoms with E-state index in [0.717, 1.165) is 10.5 Å². The lowest BCUT2D eigenvalue weighted by Crippen LogP contribution is -2.70. The van der Waals surface area contributed by atoms with Gasteiger partial charge in [0.1, 0.15) is 134 Å². The van der Waals surface area contributed by atoms with Gasteiger partial charge in [0.05, 0.1) is 64.2 Å². The van der Waals surface area contributed by atoms with Crippen LogP contribution >= 0.6 is 0 Å². The number of guanidine groups is 2. The molecule has 5 aliphatic rings. The van der Waals surface area contributed by atoms with Crippen molar-refractivity contribution in [3.05, 3.63) is 131 Å². The fraction of sp³-hybridized carbons (Fsp3) is 0.530. The number of hydrogen-bond donors (Lipinski definition) is 21. The van der Waals surface area contributed by atoms with Gasteiger partial charge in [0.2, 0.25) is 29.9 Å². The molecule has 0 aromatic heterocycles. The summed E-state index contributed by atoms with van der Waals surface area (Å²) in [6.45, 7) is -2.45. The summed E-state index contributed by atoms with van der Waals surface area (Å²) in [4.78, 5) is 79.4. The Kier molecular flexibility index (Phi) is 27.4. The molecule has 36 heteroatoms. The van der Waals surface area contributed by atoms with E-state index in [1.165, 1.54) is 24.3 Å². The number of hydrogen-bond acceptors (Lipinski definition) is 32. The van der Waals surface area contributed by atoms with Gasteiger partial charge in [-0.05, 0) is 46.5 Å². The maximum absolute atomic E-state index is 15.0. The van der Waals surface area contributed by atoms with Crippen molar-refractivity contribution in [3.8, 4) is 11.5 Å². The van der Waals surface area contributed by atoms with E-state index in [9.17, 15) is 85.6 Å². The molecule has 36 nitrogen and oxygen atoms in total. The number of nitrogens with two attached hydrogens (primary N) is 3. The van der Waals surface area contributed by atoms with Crippen LogP contribution in [0.5, 0.6) is 11.5 Å². The molecule has 102 heavy (non-hydrogen) atoms. The Hall–Kier alpha value is -8.19. The van der Waals surface area contributed by atoms with Crippen LogP contribution < -0.4 is 53.3 Å². The molecule has 3 saturated heterocycles. The van der Waals surface area contributed by atoms with Crippen LogP contribution in [0.3, 0.4) is 0 Å². The number of carbonyl (C=O) groups is 5. The molecule has 0 bridgehead atoms. The highest BCUT2D eigenvalue weighted by molar-refractivity contribution is 5.96. The lowest BCUT2D eigenvalue weighted by Gasteiger charge is -2.46. The number of ether oxygens (including phenoxy) is 7. The number of rotatable bonds is 32. The van der Waals surface area contributed by atoms with Crippen molar-refractivity contribution in [2.24, 2.45) is 27.2 Å². The molecule has 4 amide bonds. The molecule has 3 fully saturated rings. The van der Waals surface area contributed by atoms with Gasteiger partial charge in [0.15, 0.2) is 24.4 Å². The van der Waals surface area contributed by atoms with Gasteiger partial charge in [-0.25, -0.2) is 0 Å². The predicted molar refractivity (Wildman–Crippen MR) is 352 cm³/mol. The Balaban J connectivity index is 0.911. The average Bonchev–Trinajstić information content (AvgIpc) is 1.44. The van der Waals surface area contributed by atoms with Gasteiger partial charge in [-0.2, -0.15) is 0 Å². The predicted octanol–water partition coefficient (Wildman–Crippen LogP) is -8.90. The number of benzene rings is 4. The summed E-state index contributed by atoms with van der Waals surface area (Å²) in [6.07, 6.45) is -30.3. The quantitative estimate of drug-likeness (QED) is 0.0202. The molecule has 4 aromatic rings. The summed E-state index contributed by atoms with van der Waals surface area (Å²) >= 11 is 0. The van der Waals surface area contributed by atoms with Crippen molar-refractivity contribution < 1.29 is 124 Å². The number of nitrogens with one attached hydrogen (secondary N) is 5. The number of nitrogens with zero attached hydrogens (tertiary/aromatic N) is 3. The number of aliphatic hydroxyl groups is 13. The lowest BCUT2D eigenvalue weighted by atomic mass is 9.93. The van der Waals surface area contributed by atoms with Gasteiger partial charge in [-0.1, -0.05) is 91.9 Å². The van der Waals surface area contributed by atoms with E-state index in [2.05, 4.69) is 36.6 Å². The van der Waals surface area contributed by atoms with Gasteiger partial charge in [0.25, 0.3) is 0 Å². The zero-order valence-corrected chi connectivity index (χ0v) is 55.1. The molecular weight excluding hydrogens is 1350 g/mol. The van der Waals surface area contributed by atoms with Crippen molar-refractivity contribution in [2.75, 3.05) is 39.5 Å². The molecule has 25 atom stereocenters. The van der Waals surface area contributed by atoms with Crippen molar-refractivity contribution in [1.82, 2.24) is 31.5 Å². The van der Waals surface area contributed by atoms with Crippen LogP contribution in [0.1, 0.15) is 35.1 Å². The van der Waals surface area contributed by atoms with E-state index in [4.69, 9.17) is 50.4 Å². The lowest BCUT2D eigenvalue weighted by molar-refractivity contribution is -0.355.